The van der Waals surface area contributed by atoms with Gasteiger partial charge in [-0.1, -0.05) is 17.5 Å². The van der Waals surface area contributed by atoms with E-state index in [1.165, 1.54) is 0 Å². The van der Waals surface area contributed by atoms with E-state index in [1.54, 1.807) is 11.6 Å². The minimum atomic E-state index is 0.572. The third kappa shape index (κ3) is 1.75. The fourth-order valence-corrected chi connectivity index (χ4v) is 0.817. The van der Waals surface area contributed by atoms with Crippen molar-refractivity contribution in [2.24, 2.45) is 0 Å². The second kappa shape index (κ2) is 3.45. The molecule has 1 heterocycles. The van der Waals surface area contributed by atoms with Gasteiger partial charge in [-0.25, -0.2) is 0 Å². The maximum atomic E-state index is 5.72. The molecule has 0 unspecified atom stereocenters. The van der Waals surface area contributed by atoms with E-state index in [1.807, 2.05) is 6.92 Å². The van der Waals surface area contributed by atoms with Crippen LogP contribution in [0.2, 0.25) is 5.02 Å². The Balaban J connectivity index is 2.84. The summed E-state index contributed by atoms with van der Waals surface area (Å²) in [6.07, 6.45) is 2.66. The lowest BCUT2D eigenvalue weighted by molar-refractivity contribution is 0.689. The van der Waals surface area contributed by atoms with Crippen LogP contribution in [0.3, 0.4) is 0 Å². The average Bonchev–Trinajstić information content (AvgIpc) is 2.31. The van der Waals surface area contributed by atoms with E-state index in [-0.39, 0.29) is 0 Å². The SMILES string of the molecule is CC#CCn1n[c]c(Cl)c1C. The highest BCUT2D eigenvalue weighted by atomic mass is 35.5. The van der Waals surface area contributed by atoms with Crippen molar-refractivity contribution in [2.45, 2.75) is 20.4 Å². The molecule has 0 amide bonds. The van der Waals surface area contributed by atoms with Crippen molar-refractivity contribution in [2.75, 3.05) is 0 Å². The molecule has 0 aromatic carbocycles. The van der Waals surface area contributed by atoms with E-state index in [2.05, 4.69) is 23.1 Å². The van der Waals surface area contributed by atoms with Gasteiger partial charge in [0.15, 0.2) is 0 Å². The Morgan fingerprint density at radius 3 is 2.91 bits per heavy atom. The van der Waals surface area contributed by atoms with Gasteiger partial charge in [-0.3, -0.25) is 4.68 Å². The number of aromatic nitrogens is 2. The van der Waals surface area contributed by atoms with Crippen molar-refractivity contribution in [1.29, 1.82) is 0 Å². The molecule has 0 spiro atoms. The first kappa shape index (κ1) is 8.16. The number of rotatable bonds is 1. The van der Waals surface area contributed by atoms with Gasteiger partial charge in [0.2, 0.25) is 0 Å². The lowest BCUT2D eigenvalue weighted by Crippen LogP contribution is -1.99. The molecule has 0 aliphatic heterocycles. The summed E-state index contributed by atoms with van der Waals surface area (Å²) >= 11 is 5.72. The average molecular weight is 168 g/mol. The van der Waals surface area contributed by atoms with Crippen LogP contribution >= 0.6 is 11.6 Å². The van der Waals surface area contributed by atoms with Crippen LogP contribution in [0.5, 0.6) is 0 Å². The van der Waals surface area contributed by atoms with Crippen LogP contribution in [0.4, 0.5) is 0 Å². The number of hydrogen-bond donors (Lipinski definition) is 0. The minimum Gasteiger partial charge on any atom is -0.256 e. The lowest BCUT2D eigenvalue weighted by atomic mass is 10.5. The Labute approximate surface area is 71.2 Å². The molecule has 1 rings (SSSR count). The van der Waals surface area contributed by atoms with Gasteiger partial charge in [0.05, 0.1) is 10.7 Å². The van der Waals surface area contributed by atoms with E-state index in [9.17, 15) is 0 Å². The number of nitrogens with zero attached hydrogens (tertiary/aromatic N) is 2. The molecular formula is C8H8ClN2. The second-order valence-electron chi connectivity index (χ2n) is 2.10. The maximum absolute atomic E-state index is 5.72. The second-order valence-corrected chi connectivity index (χ2v) is 2.47. The Morgan fingerprint density at radius 2 is 2.45 bits per heavy atom. The summed E-state index contributed by atoms with van der Waals surface area (Å²) in [4.78, 5) is 0. The zero-order valence-electron chi connectivity index (χ0n) is 6.48. The molecule has 0 bridgehead atoms. The predicted octanol–water partition coefficient (Wildman–Crippen LogP) is 1.67. The van der Waals surface area contributed by atoms with Gasteiger partial charge in [0.25, 0.3) is 0 Å². The molecule has 0 aliphatic carbocycles. The summed E-state index contributed by atoms with van der Waals surface area (Å²) in [5.41, 5.74) is 0.911. The van der Waals surface area contributed by atoms with Gasteiger partial charge in [-0.15, -0.1) is 5.92 Å². The molecule has 0 fully saturated rings. The van der Waals surface area contributed by atoms with Gasteiger partial charge in [-0.05, 0) is 13.8 Å². The van der Waals surface area contributed by atoms with Crippen molar-refractivity contribution in [3.8, 4) is 11.8 Å². The molecule has 0 aliphatic rings. The standard InChI is InChI=1S/C8H8ClN2/c1-3-4-5-11-7(2)8(9)6-10-11/h5H2,1-2H3. The zero-order valence-corrected chi connectivity index (χ0v) is 7.24. The highest BCUT2D eigenvalue weighted by Crippen LogP contribution is 2.11. The molecular weight excluding hydrogens is 160 g/mol. The Morgan fingerprint density at radius 1 is 1.73 bits per heavy atom. The number of hydrogen-bond acceptors (Lipinski definition) is 1. The van der Waals surface area contributed by atoms with E-state index in [0.29, 0.717) is 11.6 Å². The highest BCUT2D eigenvalue weighted by Gasteiger charge is 2.01. The summed E-state index contributed by atoms with van der Waals surface area (Å²) in [5.74, 6) is 5.68. The van der Waals surface area contributed by atoms with Crippen molar-refractivity contribution in [3.05, 3.63) is 16.9 Å². The third-order valence-electron chi connectivity index (χ3n) is 1.38. The first-order valence-electron chi connectivity index (χ1n) is 3.26. The molecule has 0 saturated carbocycles. The molecule has 1 radical (unpaired) electrons. The van der Waals surface area contributed by atoms with Crippen LogP contribution in [0.15, 0.2) is 0 Å². The van der Waals surface area contributed by atoms with Gasteiger partial charge in [0.1, 0.15) is 12.7 Å². The fraction of sp³-hybridized carbons (Fsp3) is 0.375. The molecule has 0 N–H and O–H groups in total. The van der Waals surface area contributed by atoms with Gasteiger partial charge in [0, 0.05) is 0 Å². The van der Waals surface area contributed by atoms with Crippen LogP contribution in [-0.4, -0.2) is 9.78 Å². The molecule has 57 valence electrons. The lowest BCUT2D eigenvalue weighted by Gasteiger charge is -1.95. The Bertz CT molecular complexity index is 304. The maximum Gasteiger partial charge on any atom is 0.133 e. The third-order valence-corrected chi connectivity index (χ3v) is 1.74. The molecule has 0 saturated heterocycles. The molecule has 0 atom stereocenters. The predicted molar refractivity (Wildman–Crippen MR) is 44.3 cm³/mol. The first-order chi connectivity index (χ1) is 5.25. The first-order valence-corrected chi connectivity index (χ1v) is 3.63. The van der Waals surface area contributed by atoms with E-state index >= 15 is 0 Å². The molecule has 2 nitrogen and oxygen atoms in total. The smallest absolute Gasteiger partial charge is 0.133 e. The monoisotopic (exact) mass is 167 g/mol. The fourth-order valence-electron chi connectivity index (χ4n) is 0.681. The van der Waals surface area contributed by atoms with Crippen LogP contribution < -0.4 is 0 Å². The van der Waals surface area contributed by atoms with Crippen molar-refractivity contribution in [3.63, 3.8) is 0 Å². The summed E-state index contributed by atoms with van der Waals surface area (Å²) in [7, 11) is 0. The summed E-state index contributed by atoms with van der Waals surface area (Å²) in [5, 5.41) is 4.48. The summed E-state index contributed by atoms with van der Waals surface area (Å²) in [6.45, 7) is 4.28. The van der Waals surface area contributed by atoms with Gasteiger partial charge < -0.3 is 0 Å². The van der Waals surface area contributed by atoms with Crippen molar-refractivity contribution < 1.29 is 0 Å². The van der Waals surface area contributed by atoms with E-state index < -0.39 is 0 Å². The van der Waals surface area contributed by atoms with Crippen molar-refractivity contribution >= 4 is 11.6 Å². The minimum absolute atomic E-state index is 0.572. The zero-order chi connectivity index (χ0) is 8.27. The molecule has 1 aromatic heterocycles. The summed E-state index contributed by atoms with van der Waals surface area (Å²) < 4.78 is 1.72. The van der Waals surface area contributed by atoms with Crippen LogP contribution in [0, 0.1) is 25.0 Å². The summed E-state index contributed by atoms with van der Waals surface area (Å²) in [6, 6.07) is 0. The quantitative estimate of drug-likeness (QED) is 0.582. The topological polar surface area (TPSA) is 17.8 Å². The van der Waals surface area contributed by atoms with Gasteiger partial charge in [-0.2, -0.15) is 5.10 Å². The van der Waals surface area contributed by atoms with Gasteiger partial charge >= 0.3 is 0 Å². The number of halogens is 1. The van der Waals surface area contributed by atoms with E-state index in [4.69, 9.17) is 11.6 Å². The largest absolute Gasteiger partial charge is 0.256 e. The Hall–Kier alpha value is -0.940. The van der Waals surface area contributed by atoms with Crippen molar-refractivity contribution in [1.82, 2.24) is 9.78 Å². The van der Waals surface area contributed by atoms with Crippen LogP contribution in [0.1, 0.15) is 12.6 Å². The van der Waals surface area contributed by atoms with E-state index in [0.717, 1.165) is 5.69 Å². The normalized spacial score (nSPS) is 9.00. The molecule has 11 heavy (non-hydrogen) atoms. The van der Waals surface area contributed by atoms with Crippen LogP contribution in [0.25, 0.3) is 0 Å². The Kier molecular flexibility index (Phi) is 2.56. The van der Waals surface area contributed by atoms with Crippen LogP contribution in [-0.2, 0) is 6.54 Å². The highest BCUT2D eigenvalue weighted by molar-refractivity contribution is 6.30. The molecule has 1 aromatic rings. The molecule has 3 heteroatoms.